The molecule has 1 aliphatic heterocycles. The molecular weight excluding hydrogens is 466 g/mol. The van der Waals surface area contributed by atoms with Crippen molar-refractivity contribution in [3.05, 3.63) is 48.5 Å². The predicted molar refractivity (Wildman–Crippen MR) is 127 cm³/mol. The highest BCUT2D eigenvalue weighted by molar-refractivity contribution is 7.92. The molecule has 0 unspecified atom stereocenters. The molecule has 1 amide bonds. The van der Waals surface area contributed by atoms with Crippen LogP contribution in [-0.4, -0.2) is 60.0 Å². The number of amides is 1. The van der Waals surface area contributed by atoms with E-state index in [1.54, 1.807) is 37.3 Å². The highest BCUT2D eigenvalue weighted by Gasteiger charge is 2.31. The second-order valence-corrected chi connectivity index (χ2v) is 11.7. The number of carbonyl (C=O) groups excluding carboxylic acids is 1. The van der Waals surface area contributed by atoms with Crippen LogP contribution in [0.15, 0.2) is 53.4 Å². The highest BCUT2D eigenvalue weighted by atomic mass is 32.2. The lowest BCUT2D eigenvalue weighted by Gasteiger charge is -2.30. The van der Waals surface area contributed by atoms with Gasteiger partial charge in [-0.15, -0.1) is 0 Å². The Bertz CT molecular complexity index is 1200. The molecule has 0 aliphatic carbocycles. The van der Waals surface area contributed by atoms with Crippen LogP contribution >= 0.6 is 0 Å². The van der Waals surface area contributed by atoms with E-state index in [1.165, 1.54) is 33.9 Å². The molecule has 11 heteroatoms. The average Bonchev–Trinajstić information content (AvgIpc) is 2.79. The van der Waals surface area contributed by atoms with Crippen LogP contribution < -0.4 is 14.4 Å². The average molecular weight is 496 g/mol. The number of hydrogen-bond donors (Lipinski definition) is 1. The quantitative estimate of drug-likeness (QED) is 0.602. The van der Waals surface area contributed by atoms with Gasteiger partial charge in [0.1, 0.15) is 5.75 Å². The van der Waals surface area contributed by atoms with Crippen molar-refractivity contribution < 1.29 is 26.4 Å². The summed E-state index contributed by atoms with van der Waals surface area (Å²) in [6, 6.07) is 13.0. The van der Waals surface area contributed by atoms with Gasteiger partial charge in [-0.25, -0.2) is 21.1 Å². The first-order valence-corrected chi connectivity index (χ1v) is 13.9. The van der Waals surface area contributed by atoms with E-state index in [1.807, 2.05) is 0 Å². The minimum atomic E-state index is -3.90. The summed E-state index contributed by atoms with van der Waals surface area (Å²) in [6.07, 6.45) is 2.23. The molecule has 2 aromatic carbocycles. The third-order valence-corrected chi connectivity index (χ3v) is 8.74. The molecule has 1 aliphatic rings. The second kappa shape index (κ2) is 10.1. The van der Waals surface area contributed by atoms with Crippen LogP contribution in [0.2, 0.25) is 0 Å². The summed E-state index contributed by atoms with van der Waals surface area (Å²) in [5, 5.41) is 2.74. The molecule has 180 valence electrons. The van der Waals surface area contributed by atoms with Crippen LogP contribution in [-0.2, 0) is 24.8 Å². The van der Waals surface area contributed by atoms with Gasteiger partial charge in [-0.3, -0.25) is 9.10 Å². The summed E-state index contributed by atoms with van der Waals surface area (Å²) < 4.78 is 58.4. The standard InChI is InChI=1S/C22H29N3O6S2/c1-4-25(18-10-6-5-7-11-18)33(29,30)19-12-13-21(31-2)20(15-19)23-22(26)17-9-8-14-24(16-17)32(3,27)28/h5-7,10-13,15,17H,4,8-9,14,16H2,1-3H3,(H,23,26)/t17-/m0/s1. The Balaban J connectivity index is 1.89. The Kier molecular flexibility index (Phi) is 7.65. The zero-order valence-electron chi connectivity index (χ0n) is 18.9. The number of benzene rings is 2. The Morgan fingerprint density at radius 1 is 1.15 bits per heavy atom. The van der Waals surface area contributed by atoms with Gasteiger partial charge in [0.2, 0.25) is 15.9 Å². The van der Waals surface area contributed by atoms with E-state index in [4.69, 9.17) is 4.74 Å². The molecular formula is C22H29N3O6S2. The molecule has 0 radical (unpaired) electrons. The number of nitrogens with one attached hydrogen (secondary N) is 1. The third kappa shape index (κ3) is 5.66. The van der Waals surface area contributed by atoms with Crippen molar-refractivity contribution in [1.29, 1.82) is 0 Å². The van der Waals surface area contributed by atoms with E-state index in [0.717, 1.165) is 6.26 Å². The number of anilines is 2. The van der Waals surface area contributed by atoms with Crippen LogP contribution in [0.4, 0.5) is 11.4 Å². The van der Waals surface area contributed by atoms with E-state index in [0.29, 0.717) is 30.8 Å². The van der Waals surface area contributed by atoms with Crippen molar-refractivity contribution in [2.75, 3.05) is 42.6 Å². The lowest BCUT2D eigenvalue weighted by atomic mass is 9.98. The smallest absolute Gasteiger partial charge is 0.264 e. The van der Waals surface area contributed by atoms with E-state index in [2.05, 4.69) is 5.32 Å². The fourth-order valence-corrected chi connectivity index (χ4v) is 6.26. The second-order valence-electron chi connectivity index (χ2n) is 7.82. The van der Waals surface area contributed by atoms with Gasteiger partial charge in [0.15, 0.2) is 0 Å². The van der Waals surface area contributed by atoms with Gasteiger partial charge in [0, 0.05) is 19.6 Å². The summed E-state index contributed by atoms with van der Waals surface area (Å²) in [6.45, 7) is 2.44. The topological polar surface area (TPSA) is 113 Å². The first-order valence-electron chi connectivity index (χ1n) is 10.6. The SMILES string of the molecule is CCN(c1ccccc1)S(=O)(=O)c1ccc(OC)c(NC(=O)[C@H]2CCCN(S(C)(=O)=O)C2)c1. The molecule has 33 heavy (non-hydrogen) atoms. The number of nitrogens with zero attached hydrogens (tertiary/aromatic N) is 2. The molecule has 1 saturated heterocycles. The van der Waals surface area contributed by atoms with Gasteiger partial charge < -0.3 is 10.1 Å². The number of carbonyl (C=O) groups is 1. The number of methoxy groups -OCH3 is 1. The van der Waals surface area contributed by atoms with E-state index < -0.39 is 26.0 Å². The normalized spacial score (nSPS) is 17.4. The van der Waals surface area contributed by atoms with Gasteiger partial charge in [-0.05, 0) is 50.1 Å². The monoisotopic (exact) mass is 495 g/mol. The molecule has 0 aromatic heterocycles. The minimum absolute atomic E-state index is 0.00529. The minimum Gasteiger partial charge on any atom is -0.495 e. The van der Waals surface area contributed by atoms with E-state index in [-0.39, 0.29) is 29.6 Å². The molecule has 3 rings (SSSR count). The van der Waals surface area contributed by atoms with Gasteiger partial charge >= 0.3 is 0 Å². The van der Waals surface area contributed by atoms with E-state index >= 15 is 0 Å². The van der Waals surface area contributed by atoms with Crippen LogP contribution in [0.25, 0.3) is 0 Å². The lowest BCUT2D eigenvalue weighted by Crippen LogP contribution is -2.43. The molecule has 0 spiro atoms. The first-order chi connectivity index (χ1) is 15.6. The van der Waals surface area contributed by atoms with Gasteiger partial charge in [-0.1, -0.05) is 18.2 Å². The number of piperidine rings is 1. The fourth-order valence-electron chi connectivity index (χ4n) is 3.85. The summed E-state index contributed by atoms with van der Waals surface area (Å²) in [4.78, 5) is 12.9. The van der Waals surface area contributed by atoms with Gasteiger partial charge in [0.25, 0.3) is 10.0 Å². The van der Waals surface area contributed by atoms with Crippen molar-refractivity contribution in [2.45, 2.75) is 24.7 Å². The van der Waals surface area contributed by atoms with Crippen LogP contribution in [0.1, 0.15) is 19.8 Å². The molecule has 1 heterocycles. The number of para-hydroxylation sites is 1. The third-order valence-electron chi connectivity index (χ3n) is 5.57. The fraction of sp³-hybridized carbons (Fsp3) is 0.409. The number of hydrogen-bond acceptors (Lipinski definition) is 6. The Morgan fingerprint density at radius 3 is 2.45 bits per heavy atom. The van der Waals surface area contributed by atoms with Crippen LogP contribution in [0.5, 0.6) is 5.75 Å². The highest BCUT2D eigenvalue weighted by Crippen LogP contribution is 2.31. The predicted octanol–water partition coefficient (Wildman–Crippen LogP) is 2.52. The maximum absolute atomic E-state index is 13.4. The summed E-state index contributed by atoms with van der Waals surface area (Å²) >= 11 is 0. The van der Waals surface area contributed by atoms with Crippen LogP contribution in [0, 0.1) is 5.92 Å². The summed E-state index contributed by atoms with van der Waals surface area (Å²) in [5.74, 6) is -0.623. The zero-order valence-corrected chi connectivity index (χ0v) is 20.5. The largest absolute Gasteiger partial charge is 0.495 e. The number of ether oxygens (including phenoxy) is 1. The van der Waals surface area contributed by atoms with Crippen LogP contribution in [0.3, 0.4) is 0 Å². The molecule has 1 N–H and O–H groups in total. The summed E-state index contributed by atoms with van der Waals surface area (Å²) in [7, 11) is -5.88. The molecule has 0 bridgehead atoms. The van der Waals surface area contributed by atoms with E-state index in [9.17, 15) is 21.6 Å². The number of rotatable bonds is 8. The van der Waals surface area contributed by atoms with Crippen molar-refractivity contribution >= 4 is 37.3 Å². The van der Waals surface area contributed by atoms with Gasteiger partial charge in [0.05, 0.1) is 35.6 Å². The zero-order chi connectivity index (χ0) is 24.2. The van der Waals surface area contributed by atoms with Crippen molar-refractivity contribution in [2.24, 2.45) is 5.92 Å². The first kappa shape index (κ1) is 25.0. The lowest BCUT2D eigenvalue weighted by molar-refractivity contribution is -0.120. The molecule has 9 nitrogen and oxygen atoms in total. The molecule has 1 atom stereocenters. The maximum atomic E-state index is 13.4. The summed E-state index contributed by atoms with van der Waals surface area (Å²) in [5.41, 5.74) is 0.744. The molecule has 1 fully saturated rings. The Labute approximate surface area is 195 Å². The Hall–Kier alpha value is -2.63. The van der Waals surface area contributed by atoms with Crippen molar-refractivity contribution in [3.63, 3.8) is 0 Å². The molecule has 0 saturated carbocycles. The van der Waals surface area contributed by atoms with Gasteiger partial charge in [-0.2, -0.15) is 0 Å². The number of sulfonamides is 2. The van der Waals surface area contributed by atoms with Crippen molar-refractivity contribution in [3.8, 4) is 5.75 Å². The Morgan fingerprint density at radius 2 is 1.85 bits per heavy atom. The van der Waals surface area contributed by atoms with Crippen molar-refractivity contribution in [1.82, 2.24) is 4.31 Å². The molecule has 2 aromatic rings. The maximum Gasteiger partial charge on any atom is 0.264 e.